The van der Waals surface area contributed by atoms with Gasteiger partial charge in [0.05, 0.1) is 19.3 Å². The molecule has 1 aliphatic heterocycles. The second-order valence-corrected chi connectivity index (χ2v) is 7.37. The number of carbonyl (C=O) groups excluding carboxylic acids is 2. The normalized spacial score (nSPS) is 13.7. The second kappa shape index (κ2) is 7.30. The summed E-state index contributed by atoms with van der Waals surface area (Å²) in [5.41, 5.74) is 2.00. The third-order valence-electron chi connectivity index (χ3n) is 4.13. The molecule has 1 aromatic heterocycles. The molecule has 0 bridgehead atoms. The van der Waals surface area contributed by atoms with Gasteiger partial charge >= 0.3 is 6.09 Å². The van der Waals surface area contributed by atoms with Crippen LogP contribution in [0.5, 0.6) is 5.75 Å². The average molecular weight is 372 g/mol. The summed E-state index contributed by atoms with van der Waals surface area (Å²) < 4.78 is 10.6. The summed E-state index contributed by atoms with van der Waals surface area (Å²) in [6.07, 6.45) is 0.163. The van der Waals surface area contributed by atoms with Crippen molar-refractivity contribution in [3.63, 3.8) is 0 Å². The molecule has 2 amide bonds. The van der Waals surface area contributed by atoms with Crippen molar-refractivity contribution in [3.05, 3.63) is 41.2 Å². The van der Waals surface area contributed by atoms with Crippen molar-refractivity contribution in [1.29, 1.82) is 0 Å². The molecule has 2 heterocycles. The number of aromatic amines is 1. The predicted octanol–water partition coefficient (Wildman–Crippen LogP) is 2.96. The Hall–Kier alpha value is -3.03. The number of nitrogens with one attached hydrogen (secondary N) is 2. The lowest BCUT2D eigenvalue weighted by Gasteiger charge is -2.29. The lowest BCUT2D eigenvalue weighted by Crippen LogP contribution is -2.40. The molecule has 1 aromatic carbocycles. The average Bonchev–Trinajstić information content (AvgIpc) is 3.03. The third kappa shape index (κ3) is 4.39. The Morgan fingerprint density at radius 2 is 2.07 bits per heavy atom. The number of hydrogen-bond acceptors (Lipinski definition) is 5. The van der Waals surface area contributed by atoms with E-state index in [0.717, 1.165) is 11.3 Å². The van der Waals surface area contributed by atoms with Crippen molar-refractivity contribution in [2.24, 2.45) is 0 Å². The Morgan fingerprint density at radius 1 is 1.30 bits per heavy atom. The number of hydrogen-bond donors (Lipinski definition) is 2. The molecule has 8 heteroatoms. The fourth-order valence-corrected chi connectivity index (χ4v) is 2.88. The standard InChI is InChI=1S/C19H24N4O4/c1-19(2,3)27-18(25)23-9-8-14-15(11-23)21-22-16(14)17(24)20-12-6-5-7-13(10-12)26-4/h5-7,10H,8-9,11H2,1-4H3,(H,20,24)(H,21,22). The third-order valence-corrected chi connectivity index (χ3v) is 4.13. The van der Waals surface area contributed by atoms with Crippen LogP contribution in [-0.2, 0) is 17.7 Å². The summed E-state index contributed by atoms with van der Waals surface area (Å²) in [6.45, 7) is 6.30. The molecule has 27 heavy (non-hydrogen) atoms. The second-order valence-electron chi connectivity index (χ2n) is 7.37. The first-order valence-electron chi connectivity index (χ1n) is 8.76. The van der Waals surface area contributed by atoms with E-state index in [1.165, 1.54) is 0 Å². The van der Waals surface area contributed by atoms with Gasteiger partial charge in [-0.1, -0.05) is 6.07 Å². The molecule has 0 saturated heterocycles. The fraction of sp³-hybridized carbons (Fsp3) is 0.421. The Labute approximate surface area is 157 Å². The van der Waals surface area contributed by atoms with Gasteiger partial charge in [0, 0.05) is 23.9 Å². The van der Waals surface area contributed by atoms with E-state index in [2.05, 4.69) is 15.5 Å². The van der Waals surface area contributed by atoms with Crippen LogP contribution in [0.2, 0.25) is 0 Å². The van der Waals surface area contributed by atoms with Crippen molar-refractivity contribution in [3.8, 4) is 5.75 Å². The SMILES string of the molecule is COc1cccc(NC(=O)c2n[nH]c3c2CCN(C(=O)OC(C)(C)C)C3)c1. The van der Waals surface area contributed by atoms with E-state index in [4.69, 9.17) is 9.47 Å². The minimum Gasteiger partial charge on any atom is -0.497 e. The molecule has 0 atom stereocenters. The van der Waals surface area contributed by atoms with Gasteiger partial charge in [0.2, 0.25) is 0 Å². The number of rotatable bonds is 3. The van der Waals surface area contributed by atoms with E-state index < -0.39 is 5.60 Å². The van der Waals surface area contributed by atoms with Crippen LogP contribution in [0.25, 0.3) is 0 Å². The molecule has 0 aliphatic carbocycles. The molecule has 8 nitrogen and oxygen atoms in total. The van der Waals surface area contributed by atoms with Gasteiger partial charge < -0.3 is 19.7 Å². The minimum absolute atomic E-state index is 0.300. The van der Waals surface area contributed by atoms with Crippen molar-refractivity contribution in [2.45, 2.75) is 39.3 Å². The zero-order valence-corrected chi connectivity index (χ0v) is 16.0. The fourth-order valence-electron chi connectivity index (χ4n) is 2.88. The van der Waals surface area contributed by atoms with Crippen LogP contribution in [-0.4, -0.2) is 46.4 Å². The number of H-pyrrole nitrogens is 1. The summed E-state index contributed by atoms with van der Waals surface area (Å²) in [6, 6.07) is 7.12. The lowest BCUT2D eigenvalue weighted by atomic mass is 10.0. The maximum atomic E-state index is 12.6. The van der Waals surface area contributed by atoms with E-state index >= 15 is 0 Å². The summed E-state index contributed by atoms with van der Waals surface area (Å²) in [4.78, 5) is 26.5. The van der Waals surface area contributed by atoms with Crippen molar-refractivity contribution in [2.75, 3.05) is 19.0 Å². The van der Waals surface area contributed by atoms with E-state index in [-0.39, 0.29) is 12.0 Å². The Morgan fingerprint density at radius 3 is 2.78 bits per heavy atom. The number of fused-ring (bicyclic) bond motifs is 1. The number of nitrogens with zero attached hydrogens (tertiary/aromatic N) is 2. The summed E-state index contributed by atoms with van der Waals surface area (Å²) >= 11 is 0. The predicted molar refractivity (Wildman–Crippen MR) is 99.9 cm³/mol. The highest BCUT2D eigenvalue weighted by Gasteiger charge is 2.30. The highest BCUT2D eigenvalue weighted by molar-refractivity contribution is 6.04. The largest absolute Gasteiger partial charge is 0.497 e. The lowest BCUT2D eigenvalue weighted by molar-refractivity contribution is 0.0221. The molecule has 144 valence electrons. The van der Waals surface area contributed by atoms with Gasteiger partial charge in [-0.05, 0) is 39.3 Å². The molecule has 2 aromatic rings. The molecule has 1 aliphatic rings. The minimum atomic E-state index is -0.548. The maximum absolute atomic E-state index is 12.6. The summed E-state index contributed by atoms with van der Waals surface area (Å²) in [7, 11) is 1.57. The first-order valence-corrected chi connectivity index (χ1v) is 8.76. The molecule has 2 N–H and O–H groups in total. The van der Waals surface area contributed by atoms with Crippen LogP contribution in [0.4, 0.5) is 10.5 Å². The zero-order valence-electron chi connectivity index (χ0n) is 16.0. The van der Waals surface area contributed by atoms with Gasteiger partial charge in [0.15, 0.2) is 5.69 Å². The summed E-state index contributed by atoms with van der Waals surface area (Å²) in [5, 5.41) is 9.86. The molecule has 0 saturated carbocycles. The number of amides is 2. The molecule has 0 unspecified atom stereocenters. The molecule has 0 fully saturated rings. The number of ether oxygens (including phenoxy) is 2. The smallest absolute Gasteiger partial charge is 0.410 e. The number of methoxy groups -OCH3 is 1. The van der Waals surface area contributed by atoms with Crippen LogP contribution in [0.1, 0.15) is 42.5 Å². The Balaban J connectivity index is 1.70. The van der Waals surface area contributed by atoms with Gasteiger partial charge in [0.1, 0.15) is 11.4 Å². The highest BCUT2D eigenvalue weighted by atomic mass is 16.6. The summed E-state index contributed by atoms with van der Waals surface area (Å²) in [5.74, 6) is 0.358. The van der Waals surface area contributed by atoms with Gasteiger partial charge in [-0.15, -0.1) is 0 Å². The Kier molecular flexibility index (Phi) is 5.07. The van der Waals surface area contributed by atoms with Crippen molar-refractivity contribution >= 4 is 17.7 Å². The van der Waals surface area contributed by atoms with E-state index in [1.54, 1.807) is 36.3 Å². The van der Waals surface area contributed by atoms with Crippen LogP contribution in [0.15, 0.2) is 24.3 Å². The highest BCUT2D eigenvalue weighted by Crippen LogP contribution is 2.23. The van der Waals surface area contributed by atoms with E-state index in [1.807, 2.05) is 20.8 Å². The number of aromatic nitrogens is 2. The van der Waals surface area contributed by atoms with Crippen LogP contribution in [0.3, 0.4) is 0 Å². The molecular formula is C19H24N4O4. The van der Waals surface area contributed by atoms with E-state index in [0.29, 0.717) is 36.6 Å². The Bertz CT molecular complexity index is 854. The molecule has 3 rings (SSSR count). The van der Waals surface area contributed by atoms with Crippen LogP contribution < -0.4 is 10.1 Å². The molecule has 0 spiro atoms. The first kappa shape index (κ1) is 18.8. The maximum Gasteiger partial charge on any atom is 0.410 e. The van der Waals surface area contributed by atoms with Gasteiger partial charge in [0.25, 0.3) is 5.91 Å². The number of benzene rings is 1. The monoisotopic (exact) mass is 372 g/mol. The number of anilines is 1. The molecule has 0 radical (unpaired) electrons. The van der Waals surface area contributed by atoms with Gasteiger partial charge in [-0.25, -0.2) is 4.79 Å². The van der Waals surface area contributed by atoms with Crippen LogP contribution >= 0.6 is 0 Å². The van der Waals surface area contributed by atoms with E-state index in [9.17, 15) is 9.59 Å². The quantitative estimate of drug-likeness (QED) is 0.863. The van der Waals surface area contributed by atoms with Gasteiger partial charge in [-0.3, -0.25) is 9.89 Å². The van der Waals surface area contributed by atoms with Crippen molar-refractivity contribution < 1.29 is 19.1 Å². The van der Waals surface area contributed by atoms with Gasteiger partial charge in [-0.2, -0.15) is 5.10 Å². The topological polar surface area (TPSA) is 96.5 Å². The zero-order chi connectivity index (χ0) is 19.6. The first-order chi connectivity index (χ1) is 12.8. The van der Waals surface area contributed by atoms with Crippen LogP contribution in [0, 0.1) is 0 Å². The molecular weight excluding hydrogens is 348 g/mol. The number of carbonyl (C=O) groups is 2. The van der Waals surface area contributed by atoms with Crippen molar-refractivity contribution in [1.82, 2.24) is 15.1 Å².